The van der Waals surface area contributed by atoms with Gasteiger partial charge in [-0.2, -0.15) is 0 Å². The van der Waals surface area contributed by atoms with Gasteiger partial charge < -0.3 is 10.2 Å². The van der Waals surface area contributed by atoms with E-state index in [0.29, 0.717) is 12.3 Å². The topological polar surface area (TPSA) is 75.2 Å². The molecule has 2 fully saturated rings. The summed E-state index contributed by atoms with van der Waals surface area (Å²) in [4.78, 5) is 35.9. The molecule has 1 aliphatic carbocycles. The van der Waals surface area contributed by atoms with Gasteiger partial charge in [0.2, 0.25) is 11.8 Å². The van der Waals surface area contributed by atoms with Crippen molar-refractivity contribution in [2.45, 2.75) is 71.8 Å². The second-order valence-electron chi connectivity index (χ2n) is 8.03. The molecule has 1 aromatic rings. The van der Waals surface area contributed by atoms with E-state index in [2.05, 4.69) is 5.32 Å². The second-order valence-corrected chi connectivity index (χ2v) is 8.03. The molecule has 3 rings (SSSR count). The summed E-state index contributed by atoms with van der Waals surface area (Å²) >= 11 is 0. The minimum Gasteiger partial charge on any atom is -0.354 e. The van der Waals surface area contributed by atoms with Crippen molar-refractivity contribution in [1.29, 1.82) is 0 Å². The van der Waals surface area contributed by atoms with E-state index in [1.807, 2.05) is 32.6 Å². The van der Waals surface area contributed by atoms with Crippen LogP contribution < -0.4 is 5.32 Å². The number of carbonyl (C=O) groups excluding carboxylic acids is 2. The van der Waals surface area contributed by atoms with E-state index in [4.69, 9.17) is 9.97 Å². The van der Waals surface area contributed by atoms with Gasteiger partial charge in [-0.1, -0.05) is 0 Å². The van der Waals surface area contributed by atoms with Gasteiger partial charge in [-0.15, -0.1) is 0 Å². The highest BCUT2D eigenvalue weighted by Gasteiger charge is 2.36. The van der Waals surface area contributed by atoms with Crippen LogP contribution in [0.4, 0.5) is 0 Å². The molecule has 0 radical (unpaired) electrons. The van der Waals surface area contributed by atoms with Crippen LogP contribution in [0, 0.1) is 19.8 Å². The van der Waals surface area contributed by atoms with E-state index in [1.165, 1.54) is 0 Å². The van der Waals surface area contributed by atoms with E-state index < -0.39 is 0 Å². The van der Waals surface area contributed by atoms with Gasteiger partial charge in [0.15, 0.2) is 0 Å². The quantitative estimate of drug-likeness (QED) is 0.876. The number of amides is 2. The Morgan fingerprint density at radius 3 is 2.38 bits per heavy atom. The molecule has 2 amide bonds. The zero-order valence-corrected chi connectivity index (χ0v) is 16.3. The zero-order valence-electron chi connectivity index (χ0n) is 16.3. The number of rotatable bonds is 5. The summed E-state index contributed by atoms with van der Waals surface area (Å²) in [6.45, 7) is 9.39. The Hall–Kier alpha value is -1.98. The molecule has 1 atom stereocenters. The van der Waals surface area contributed by atoms with Gasteiger partial charge >= 0.3 is 0 Å². The van der Waals surface area contributed by atoms with Gasteiger partial charge in [0.05, 0.1) is 6.42 Å². The second kappa shape index (κ2) is 7.72. The Kier molecular flexibility index (Phi) is 5.58. The first kappa shape index (κ1) is 18.8. The summed E-state index contributed by atoms with van der Waals surface area (Å²) in [6.07, 6.45) is 4.42. The van der Waals surface area contributed by atoms with Crippen LogP contribution in [-0.4, -0.2) is 45.8 Å². The number of nitrogens with one attached hydrogen (secondary N) is 1. The number of aryl methyl sites for hydroxylation is 2. The molecule has 1 aromatic heterocycles. The normalized spacial score (nSPS) is 20.3. The summed E-state index contributed by atoms with van der Waals surface area (Å²) in [5.74, 6) is 1.59. The minimum atomic E-state index is 0.00132. The van der Waals surface area contributed by atoms with Crippen LogP contribution >= 0.6 is 0 Å². The molecule has 1 saturated carbocycles. The molecule has 1 unspecified atom stereocenters. The number of aromatic nitrogens is 2. The van der Waals surface area contributed by atoms with Crippen LogP contribution in [0.25, 0.3) is 0 Å². The largest absolute Gasteiger partial charge is 0.354 e. The molecule has 0 aromatic carbocycles. The van der Waals surface area contributed by atoms with Gasteiger partial charge in [-0.05, 0) is 53.4 Å². The van der Waals surface area contributed by atoms with Crippen molar-refractivity contribution < 1.29 is 9.59 Å². The fourth-order valence-electron chi connectivity index (χ4n) is 3.71. The minimum absolute atomic E-state index is 0.00132. The third kappa shape index (κ3) is 4.40. The molecular formula is C20H30N4O2. The van der Waals surface area contributed by atoms with Gasteiger partial charge in [0, 0.05) is 47.9 Å². The molecule has 1 saturated heterocycles. The molecule has 2 aliphatic rings. The maximum Gasteiger partial charge on any atom is 0.225 e. The molecule has 0 bridgehead atoms. The first-order valence-electron chi connectivity index (χ1n) is 9.77. The third-order valence-electron chi connectivity index (χ3n) is 5.25. The average molecular weight is 358 g/mol. The fraction of sp³-hybridized carbons (Fsp3) is 0.700. The van der Waals surface area contributed by atoms with Crippen LogP contribution in [0.5, 0.6) is 0 Å². The average Bonchev–Trinajstić information content (AvgIpc) is 3.42. The summed E-state index contributed by atoms with van der Waals surface area (Å²) in [7, 11) is 0. The van der Waals surface area contributed by atoms with Crippen molar-refractivity contribution in [2.75, 3.05) is 13.1 Å². The number of likely N-dealkylation sites (tertiary alicyclic amines) is 1. The number of nitrogens with zero attached hydrogens (tertiary/aromatic N) is 3. The Morgan fingerprint density at radius 1 is 1.15 bits per heavy atom. The standard InChI is InChI=1S/C20H30N4O2/c1-12(2)21-18(25)10-17-13(3)22-19(23-14(17)4)16-6-5-9-24(11-16)20(26)15-7-8-15/h12,15-16H,5-11H2,1-4H3,(H,21,25). The number of hydrogen-bond donors (Lipinski definition) is 1. The smallest absolute Gasteiger partial charge is 0.225 e. The van der Waals surface area contributed by atoms with E-state index in [-0.39, 0.29) is 23.8 Å². The van der Waals surface area contributed by atoms with Crippen LogP contribution in [0.3, 0.4) is 0 Å². The van der Waals surface area contributed by atoms with Gasteiger partial charge in [-0.25, -0.2) is 9.97 Å². The lowest BCUT2D eigenvalue weighted by atomic mass is 9.96. The Bertz CT molecular complexity index is 674. The Balaban J connectivity index is 1.72. The number of carbonyl (C=O) groups is 2. The molecule has 26 heavy (non-hydrogen) atoms. The lowest BCUT2D eigenvalue weighted by Crippen LogP contribution is -2.40. The summed E-state index contributed by atoms with van der Waals surface area (Å²) in [5, 5.41) is 2.92. The van der Waals surface area contributed by atoms with E-state index >= 15 is 0 Å². The predicted octanol–water partition coefficient (Wildman–Crippen LogP) is 2.28. The van der Waals surface area contributed by atoms with Crippen LogP contribution in [0.1, 0.15) is 68.2 Å². The van der Waals surface area contributed by atoms with Crippen molar-refractivity contribution in [1.82, 2.24) is 20.2 Å². The van der Waals surface area contributed by atoms with Crippen molar-refractivity contribution >= 4 is 11.8 Å². The van der Waals surface area contributed by atoms with Gasteiger partial charge in [0.25, 0.3) is 0 Å². The first-order chi connectivity index (χ1) is 12.3. The molecule has 6 heteroatoms. The van der Waals surface area contributed by atoms with Crippen LogP contribution in [0.2, 0.25) is 0 Å². The zero-order chi connectivity index (χ0) is 18.8. The first-order valence-corrected chi connectivity index (χ1v) is 9.77. The molecule has 1 aliphatic heterocycles. The van der Waals surface area contributed by atoms with Crippen molar-refractivity contribution in [2.24, 2.45) is 5.92 Å². The highest BCUT2D eigenvalue weighted by atomic mass is 16.2. The summed E-state index contributed by atoms with van der Waals surface area (Å²) in [5.41, 5.74) is 2.66. The van der Waals surface area contributed by atoms with Crippen LogP contribution in [-0.2, 0) is 16.0 Å². The van der Waals surface area contributed by atoms with Crippen molar-refractivity contribution in [3.05, 3.63) is 22.8 Å². The maximum atomic E-state index is 12.4. The van der Waals surface area contributed by atoms with Crippen molar-refractivity contribution in [3.63, 3.8) is 0 Å². The van der Waals surface area contributed by atoms with E-state index in [0.717, 1.165) is 61.5 Å². The lowest BCUT2D eigenvalue weighted by Gasteiger charge is -2.32. The van der Waals surface area contributed by atoms with Gasteiger partial charge in [-0.3, -0.25) is 9.59 Å². The molecule has 6 nitrogen and oxygen atoms in total. The lowest BCUT2D eigenvalue weighted by molar-refractivity contribution is -0.133. The molecular weight excluding hydrogens is 328 g/mol. The number of piperidine rings is 1. The maximum absolute atomic E-state index is 12.4. The number of hydrogen-bond acceptors (Lipinski definition) is 4. The Labute approximate surface area is 155 Å². The summed E-state index contributed by atoms with van der Waals surface area (Å²) < 4.78 is 0. The fourth-order valence-corrected chi connectivity index (χ4v) is 3.71. The Morgan fingerprint density at radius 2 is 1.81 bits per heavy atom. The monoisotopic (exact) mass is 358 g/mol. The molecule has 1 N–H and O–H groups in total. The van der Waals surface area contributed by atoms with Crippen LogP contribution in [0.15, 0.2) is 0 Å². The third-order valence-corrected chi connectivity index (χ3v) is 5.25. The summed E-state index contributed by atoms with van der Waals surface area (Å²) in [6, 6.07) is 0.125. The SMILES string of the molecule is Cc1nc(C2CCCN(C(=O)C3CC3)C2)nc(C)c1CC(=O)NC(C)C. The highest BCUT2D eigenvalue weighted by molar-refractivity contribution is 5.81. The van der Waals surface area contributed by atoms with E-state index in [9.17, 15) is 9.59 Å². The highest BCUT2D eigenvalue weighted by Crippen LogP contribution is 2.34. The molecule has 2 heterocycles. The van der Waals surface area contributed by atoms with Gasteiger partial charge in [0.1, 0.15) is 5.82 Å². The molecule has 142 valence electrons. The molecule has 0 spiro atoms. The van der Waals surface area contributed by atoms with E-state index in [1.54, 1.807) is 0 Å². The van der Waals surface area contributed by atoms with Crippen molar-refractivity contribution in [3.8, 4) is 0 Å². The predicted molar refractivity (Wildman–Crippen MR) is 99.8 cm³/mol.